The molecule has 1 aromatic heterocycles. The molecule has 7 heteroatoms. The number of halogens is 2. The number of carbonyl (C=O) groups is 1. The van der Waals surface area contributed by atoms with Gasteiger partial charge in [-0.2, -0.15) is 0 Å². The van der Waals surface area contributed by atoms with Gasteiger partial charge in [0.25, 0.3) is 6.43 Å². The average molecular weight is 205 g/mol. The monoisotopic (exact) mass is 205 g/mol. The van der Waals surface area contributed by atoms with Gasteiger partial charge in [0.1, 0.15) is 5.69 Å². The highest BCUT2D eigenvalue weighted by Gasteiger charge is 2.23. The Morgan fingerprint density at radius 2 is 2.07 bits per heavy atom. The Labute approximate surface area is 75.6 Å². The Kier molecular flexibility index (Phi) is 2.50. The van der Waals surface area contributed by atoms with Crippen molar-refractivity contribution in [2.24, 2.45) is 0 Å². The standard InChI is InChI=1S/C7H5F2NO4/c8-6(9)3-4(7(13)14)10-1-2(11)5(3)12/h1,6,11H,(H,10,12)(H,13,14). The Hall–Kier alpha value is -1.92. The smallest absolute Gasteiger partial charge is 0.352 e. The molecule has 0 aliphatic heterocycles. The summed E-state index contributed by atoms with van der Waals surface area (Å²) in [6, 6.07) is 0. The molecule has 0 radical (unpaired) electrons. The molecule has 1 aromatic rings. The summed E-state index contributed by atoms with van der Waals surface area (Å²) >= 11 is 0. The van der Waals surface area contributed by atoms with Crippen LogP contribution in [0.15, 0.2) is 11.0 Å². The lowest BCUT2D eigenvalue weighted by molar-refractivity contribution is 0.0676. The van der Waals surface area contributed by atoms with E-state index in [1.807, 2.05) is 4.98 Å². The predicted octanol–water partition coefficient (Wildman–Crippen LogP) is 0.716. The summed E-state index contributed by atoms with van der Waals surface area (Å²) in [6.45, 7) is 0. The van der Waals surface area contributed by atoms with E-state index in [1.165, 1.54) is 0 Å². The van der Waals surface area contributed by atoms with Crippen LogP contribution in [0.3, 0.4) is 0 Å². The molecule has 0 atom stereocenters. The third-order valence-electron chi connectivity index (χ3n) is 1.53. The maximum absolute atomic E-state index is 12.2. The van der Waals surface area contributed by atoms with Crippen LogP contribution in [0.25, 0.3) is 0 Å². The van der Waals surface area contributed by atoms with Gasteiger partial charge in [0.15, 0.2) is 5.75 Å². The highest BCUT2D eigenvalue weighted by atomic mass is 19.3. The minimum Gasteiger partial charge on any atom is -0.503 e. The molecule has 14 heavy (non-hydrogen) atoms. The molecule has 76 valence electrons. The molecule has 0 fully saturated rings. The second-order valence-corrected chi connectivity index (χ2v) is 2.40. The maximum atomic E-state index is 12.2. The van der Waals surface area contributed by atoms with Gasteiger partial charge < -0.3 is 15.2 Å². The third kappa shape index (κ3) is 1.56. The molecule has 0 bridgehead atoms. The van der Waals surface area contributed by atoms with Crippen LogP contribution in [0.4, 0.5) is 8.78 Å². The number of alkyl halides is 2. The first-order chi connectivity index (χ1) is 6.45. The van der Waals surface area contributed by atoms with Crippen LogP contribution in [-0.2, 0) is 0 Å². The fourth-order valence-electron chi connectivity index (χ4n) is 0.920. The summed E-state index contributed by atoms with van der Waals surface area (Å²) in [5, 5.41) is 17.2. The van der Waals surface area contributed by atoms with Gasteiger partial charge >= 0.3 is 5.97 Å². The molecule has 0 unspecified atom stereocenters. The number of pyridine rings is 1. The van der Waals surface area contributed by atoms with Crippen molar-refractivity contribution in [3.8, 4) is 5.75 Å². The van der Waals surface area contributed by atoms with Gasteiger partial charge in [0.2, 0.25) is 5.43 Å². The number of aromatic hydroxyl groups is 1. The SMILES string of the molecule is O=C(O)c1[nH]cc(O)c(=O)c1C(F)F. The average Bonchev–Trinajstić information content (AvgIpc) is 2.08. The number of aromatic carboxylic acids is 1. The summed E-state index contributed by atoms with van der Waals surface area (Å²) < 4.78 is 24.5. The summed E-state index contributed by atoms with van der Waals surface area (Å²) in [6.07, 6.45) is -2.60. The van der Waals surface area contributed by atoms with Crippen LogP contribution < -0.4 is 5.43 Å². The largest absolute Gasteiger partial charge is 0.503 e. The van der Waals surface area contributed by atoms with E-state index in [-0.39, 0.29) is 0 Å². The van der Waals surface area contributed by atoms with Crippen molar-refractivity contribution < 1.29 is 23.8 Å². The van der Waals surface area contributed by atoms with E-state index in [4.69, 9.17) is 10.2 Å². The van der Waals surface area contributed by atoms with Crippen molar-refractivity contribution in [1.29, 1.82) is 0 Å². The maximum Gasteiger partial charge on any atom is 0.352 e. The molecular weight excluding hydrogens is 200 g/mol. The molecule has 0 amide bonds. The first-order valence-corrected chi connectivity index (χ1v) is 3.41. The molecule has 5 nitrogen and oxygen atoms in total. The van der Waals surface area contributed by atoms with Crippen LogP contribution in [0.2, 0.25) is 0 Å². The Morgan fingerprint density at radius 3 is 2.50 bits per heavy atom. The van der Waals surface area contributed by atoms with Gasteiger partial charge in [-0.15, -0.1) is 0 Å². The van der Waals surface area contributed by atoms with E-state index >= 15 is 0 Å². The van der Waals surface area contributed by atoms with Crippen molar-refractivity contribution >= 4 is 5.97 Å². The minimum atomic E-state index is -3.25. The molecule has 0 spiro atoms. The molecule has 0 saturated carbocycles. The summed E-state index contributed by atoms with van der Waals surface area (Å²) in [5.41, 5.74) is -3.53. The van der Waals surface area contributed by atoms with E-state index in [9.17, 15) is 18.4 Å². The van der Waals surface area contributed by atoms with Gasteiger partial charge in [0, 0.05) is 6.20 Å². The van der Waals surface area contributed by atoms with E-state index in [0.717, 1.165) is 0 Å². The van der Waals surface area contributed by atoms with E-state index in [2.05, 4.69) is 0 Å². The van der Waals surface area contributed by atoms with Crippen molar-refractivity contribution in [2.75, 3.05) is 0 Å². The van der Waals surface area contributed by atoms with Crippen molar-refractivity contribution in [3.63, 3.8) is 0 Å². The zero-order valence-electron chi connectivity index (χ0n) is 6.62. The second-order valence-electron chi connectivity index (χ2n) is 2.40. The molecule has 0 saturated heterocycles. The van der Waals surface area contributed by atoms with Gasteiger partial charge in [-0.1, -0.05) is 0 Å². The van der Waals surface area contributed by atoms with Gasteiger partial charge in [0.05, 0.1) is 5.56 Å². The fraction of sp³-hybridized carbons (Fsp3) is 0.143. The van der Waals surface area contributed by atoms with Crippen molar-refractivity contribution in [1.82, 2.24) is 4.98 Å². The number of carboxylic acids is 1. The lowest BCUT2D eigenvalue weighted by Gasteiger charge is -2.03. The molecular formula is C7H5F2NO4. The number of hydrogen-bond donors (Lipinski definition) is 3. The van der Waals surface area contributed by atoms with Gasteiger partial charge in [-0.3, -0.25) is 4.79 Å². The first-order valence-electron chi connectivity index (χ1n) is 3.41. The van der Waals surface area contributed by atoms with E-state index < -0.39 is 34.8 Å². The van der Waals surface area contributed by atoms with Crippen LogP contribution in [0.1, 0.15) is 22.5 Å². The number of nitrogens with one attached hydrogen (secondary N) is 1. The summed E-state index contributed by atoms with van der Waals surface area (Å²) in [7, 11) is 0. The molecule has 1 rings (SSSR count). The zero-order valence-corrected chi connectivity index (χ0v) is 6.62. The lowest BCUT2D eigenvalue weighted by atomic mass is 10.2. The lowest BCUT2D eigenvalue weighted by Crippen LogP contribution is -2.17. The number of rotatable bonds is 2. The van der Waals surface area contributed by atoms with E-state index in [1.54, 1.807) is 0 Å². The topological polar surface area (TPSA) is 90.4 Å². The quantitative estimate of drug-likeness (QED) is 0.663. The fourth-order valence-corrected chi connectivity index (χ4v) is 0.920. The predicted molar refractivity (Wildman–Crippen MR) is 40.6 cm³/mol. The Bertz CT molecular complexity index is 426. The zero-order chi connectivity index (χ0) is 10.9. The molecule has 3 N–H and O–H groups in total. The van der Waals surface area contributed by atoms with Crippen LogP contribution in [0, 0.1) is 0 Å². The van der Waals surface area contributed by atoms with E-state index in [0.29, 0.717) is 6.20 Å². The highest BCUT2D eigenvalue weighted by molar-refractivity contribution is 5.87. The first kappa shape index (κ1) is 10.2. The molecule has 1 heterocycles. The summed E-state index contributed by atoms with van der Waals surface area (Å²) in [5.74, 6) is -2.62. The van der Waals surface area contributed by atoms with Gasteiger partial charge in [-0.25, -0.2) is 13.6 Å². The van der Waals surface area contributed by atoms with Crippen LogP contribution in [-0.4, -0.2) is 21.2 Å². The van der Waals surface area contributed by atoms with Gasteiger partial charge in [-0.05, 0) is 0 Å². The Balaban J connectivity index is 3.54. The normalized spacial score (nSPS) is 10.5. The second kappa shape index (κ2) is 3.44. The van der Waals surface area contributed by atoms with Crippen LogP contribution >= 0.6 is 0 Å². The third-order valence-corrected chi connectivity index (χ3v) is 1.53. The van der Waals surface area contributed by atoms with Crippen LogP contribution in [0.5, 0.6) is 5.75 Å². The molecule has 0 aliphatic carbocycles. The highest BCUT2D eigenvalue weighted by Crippen LogP contribution is 2.19. The number of hydrogen-bond acceptors (Lipinski definition) is 3. The number of carboxylic acid groups (broad SMARTS) is 1. The van der Waals surface area contributed by atoms with Crippen molar-refractivity contribution in [2.45, 2.75) is 6.43 Å². The minimum absolute atomic E-state index is 0.650. The Morgan fingerprint density at radius 1 is 1.50 bits per heavy atom. The molecule has 0 aliphatic rings. The number of H-pyrrole nitrogens is 1. The summed E-state index contributed by atoms with van der Waals surface area (Å²) in [4.78, 5) is 23.2. The van der Waals surface area contributed by atoms with Crippen molar-refractivity contribution in [3.05, 3.63) is 27.7 Å². The number of aromatic amines is 1. The molecule has 0 aromatic carbocycles. The number of aromatic nitrogens is 1.